The zero-order chi connectivity index (χ0) is 11.1. The molecule has 0 aliphatic heterocycles. The normalized spacial score (nSPS) is 18.9. The third kappa shape index (κ3) is 2.12. The number of aromatic nitrogens is 1. The van der Waals surface area contributed by atoms with Gasteiger partial charge in [-0.25, -0.2) is 0 Å². The van der Waals surface area contributed by atoms with Crippen molar-refractivity contribution >= 4 is 0 Å². The molecule has 2 nitrogen and oxygen atoms in total. The number of nitrogens with zero attached hydrogens (tertiary/aromatic N) is 1. The summed E-state index contributed by atoms with van der Waals surface area (Å²) < 4.78 is 37.7. The molecule has 0 aromatic carbocycles. The Labute approximate surface area is 84.8 Å². The maximum absolute atomic E-state index is 12.6. The molecular weight excluding hydrogens is 207 g/mol. The fourth-order valence-corrected chi connectivity index (χ4v) is 1.57. The Morgan fingerprint density at radius 1 is 1.40 bits per heavy atom. The molecule has 1 aliphatic carbocycles. The number of alkyl halides is 3. The highest BCUT2D eigenvalue weighted by Crippen LogP contribution is 2.44. The lowest BCUT2D eigenvalue weighted by molar-refractivity contribution is -0.139. The summed E-state index contributed by atoms with van der Waals surface area (Å²) in [5, 5.41) is 9.66. The van der Waals surface area contributed by atoms with Crippen LogP contribution in [0.2, 0.25) is 0 Å². The Morgan fingerprint density at radius 3 is 2.60 bits per heavy atom. The van der Waals surface area contributed by atoms with Crippen LogP contribution in [0.1, 0.15) is 30.1 Å². The molecule has 0 bridgehead atoms. The SMILES string of the molecule is OC(c1cnccc1C(F)(F)F)C1CC1. The van der Waals surface area contributed by atoms with Crippen molar-refractivity contribution in [1.29, 1.82) is 0 Å². The molecule has 82 valence electrons. The van der Waals surface area contributed by atoms with Crippen LogP contribution in [0, 0.1) is 5.92 Å². The van der Waals surface area contributed by atoms with Crippen LogP contribution in [0.5, 0.6) is 0 Å². The highest BCUT2D eigenvalue weighted by atomic mass is 19.4. The van der Waals surface area contributed by atoms with Gasteiger partial charge in [-0.15, -0.1) is 0 Å². The number of aliphatic hydroxyl groups excluding tert-OH is 1. The predicted octanol–water partition coefficient (Wildman–Crippen LogP) is 2.54. The minimum Gasteiger partial charge on any atom is -0.388 e. The summed E-state index contributed by atoms with van der Waals surface area (Å²) in [5.41, 5.74) is -0.885. The molecule has 1 unspecified atom stereocenters. The van der Waals surface area contributed by atoms with Gasteiger partial charge in [0.05, 0.1) is 11.7 Å². The molecule has 1 aromatic rings. The summed E-state index contributed by atoms with van der Waals surface area (Å²) in [6.07, 6.45) is -1.69. The van der Waals surface area contributed by atoms with Crippen molar-refractivity contribution in [2.45, 2.75) is 25.1 Å². The summed E-state index contributed by atoms with van der Waals surface area (Å²) in [6.45, 7) is 0. The van der Waals surface area contributed by atoms with Crippen LogP contribution < -0.4 is 0 Å². The molecule has 1 fully saturated rings. The second-order valence-corrected chi connectivity index (χ2v) is 3.74. The lowest BCUT2D eigenvalue weighted by Gasteiger charge is -2.16. The predicted molar refractivity (Wildman–Crippen MR) is 46.9 cm³/mol. The fourth-order valence-electron chi connectivity index (χ4n) is 1.57. The van der Waals surface area contributed by atoms with E-state index in [2.05, 4.69) is 4.98 Å². The van der Waals surface area contributed by atoms with Gasteiger partial charge in [-0.05, 0) is 24.8 Å². The molecule has 1 atom stereocenters. The summed E-state index contributed by atoms with van der Waals surface area (Å²) in [4.78, 5) is 3.63. The van der Waals surface area contributed by atoms with Crippen LogP contribution in [-0.4, -0.2) is 10.1 Å². The average Bonchev–Trinajstić information content (AvgIpc) is 2.98. The molecule has 1 heterocycles. The van der Waals surface area contributed by atoms with Gasteiger partial charge in [0.25, 0.3) is 0 Å². The molecule has 0 saturated heterocycles. The minimum absolute atomic E-state index is 0.0321. The van der Waals surface area contributed by atoms with E-state index >= 15 is 0 Å². The molecule has 15 heavy (non-hydrogen) atoms. The van der Waals surface area contributed by atoms with Crippen LogP contribution in [0.15, 0.2) is 18.5 Å². The minimum atomic E-state index is -4.42. The first-order valence-corrected chi connectivity index (χ1v) is 4.69. The molecule has 1 saturated carbocycles. The quantitative estimate of drug-likeness (QED) is 0.825. The maximum Gasteiger partial charge on any atom is 0.416 e. The van der Waals surface area contributed by atoms with E-state index in [1.165, 1.54) is 0 Å². The first kappa shape index (κ1) is 10.4. The van der Waals surface area contributed by atoms with E-state index in [1.807, 2.05) is 0 Å². The highest BCUT2D eigenvalue weighted by Gasteiger charge is 2.39. The molecule has 5 heteroatoms. The van der Waals surface area contributed by atoms with Gasteiger partial charge < -0.3 is 5.11 Å². The zero-order valence-electron chi connectivity index (χ0n) is 7.83. The third-order valence-electron chi connectivity index (χ3n) is 2.54. The number of hydrogen-bond donors (Lipinski definition) is 1. The fraction of sp³-hybridized carbons (Fsp3) is 0.500. The number of hydrogen-bond acceptors (Lipinski definition) is 2. The monoisotopic (exact) mass is 217 g/mol. The number of aliphatic hydroxyl groups is 1. The summed E-state index contributed by atoms with van der Waals surface area (Å²) in [6, 6.07) is 0.904. The standard InChI is InChI=1S/C10H10F3NO/c11-10(12,13)8-3-4-14-5-7(8)9(15)6-1-2-6/h3-6,9,15H,1-2H2. The van der Waals surface area contributed by atoms with Crippen molar-refractivity contribution in [1.82, 2.24) is 4.98 Å². The maximum atomic E-state index is 12.6. The molecule has 0 radical (unpaired) electrons. The average molecular weight is 217 g/mol. The van der Waals surface area contributed by atoms with Crippen molar-refractivity contribution in [3.8, 4) is 0 Å². The largest absolute Gasteiger partial charge is 0.416 e. The molecule has 0 spiro atoms. The van der Waals surface area contributed by atoms with Gasteiger partial charge in [-0.1, -0.05) is 0 Å². The van der Waals surface area contributed by atoms with Gasteiger partial charge in [0, 0.05) is 18.0 Å². The summed E-state index contributed by atoms with van der Waals surface area (Å²) in [7, 11) is 0. The van der Waals surface area contributed by atoms with Gasteiger partial charge >= 0.3 is 6.18 Å². The number of pyridine rings is 1. The van der Waals surface area contributed by atoms with Gasteiger partial charge in [0.1, 0.15) is 0 Å². The molecule has 1 aromatic heterocycles. The lowest BCUT2D eigenvalue weighted by atomic mass is 10.0. The van der Waals surface area contributed by atoms with Crippen LogP contribution in [0.25, 0.3) is 0 Å². The topological polar surface area (TPSA) is 33.1 Å². The van der Waals surface area contributed by atoms with E-state index in [0.717, 1.165) is 31.3 Å². The lowest BCUT2D eigenvalue weighted by Crippen LogP contribution is -2.13. The molecule has 2 rings (SSSR count). The number of rotatable bonds is 2. The van der Waals surface area contributed by atoms with Crippen LogP contribution >= 0.6 is 0 Å². The second-order valence-electron chi connectivity index (χ2n) is 3.74. The first-order chi connectivity index (χ1) is 7.00. The van der Waals surface area contributed by atoms with E-state index in [0.29, 0.717) is 0 Å². The van der Waals surface area contributed by atoms with E-state index in [1.54, 1.807) is 0 Å². The first-order valence-electron chi connectivity index (χ1n) is 4.69. The van der Waals surface area contributed by atoms with Crippen molar-refractivity contribution < 1.29 is 18.3 Å². The van der Waals surface area contributed by atoms with E-state index in [-0.39, 0.29) is 11.5 Å². The van der Waals surface area contributed by atoms with E-state index in [4.69, 9.17) is 0 Å². The summed E-state index contributed by atoms with van der Waals surface area (Å²) in [5.74, 6) is -0.0321. The van der Waals surface area contributed by atoms with E-state index in [9.17, 15) is 18.3 Å². The molecule has 1 N–H and O–H groups in total. The van der Waals surface area contributed by atoms with Crippen LogP contribution in [0.3, 0.4) is 0 Å². The molecular formula is C10H10F3NO. The Hall–Kier alpha value is -1.10. The van der Waals surface area contributed by atoms with Crippen molar-refractivity contribution in [2.24, 2.45) is 5.92 Å². The van der Waals surface area contributed by atoms with Gasteiger partial charge in [0.2, 0.25) is 0 Å². The van der Waals surface area contributed by atoms with Crippen LogP contribution in [0.4, 0.5) is 13.2 Å². The zero-order valence-corrected chi connectivity index (χ0v) is 7.83. The molecule has 1 aliphatic rings. The summed E-state index contributed by atoms with van der Waals surface area (Å²) >= 11 is 0. The van der Waals surface area contributed by atoms with Crippen molar-refractivity contribution in [3.05, 3.63) is 29.6 Å². The Balaban J connectivity index is 2.37. The smallest absolute Gasteiger partial charge is 0.388 e. The van der Waals surface area contributed by atoms with Gasteiger partial charge in [-0.3, -0.25) is 4.98 Å². The highest BCUT2D eigenvalue weighted by molar-refractivity contribution is 5.29. The van der Waals surface area contributed by atoms with E-state index < -0.39 is 17.8 Å². The van der Waals surface area contributed by atoms with Crippen molar-refractivity contribution in [2.75, 3.05) is 0 Å². The Bertz CT molecular complexity index is 360. The Kier molecular flexibility index (Phi) is 2.42. The third-order valence-corrected chi connectivity index (χ3v) is 2.54. The van der Waals surface area contributed by atoms with Gasteiger partial charge in [0.15, 0.2) is 0 Å². The van der Waals surface area contributed by atoms with Crippen LogP contribution in [-0.2, 0) is 6.18 Å². The molecule has 0 amide bonds. The van der Waals surface area contributed by atoms with Crippen molar-refractivity contribution in [3.63, 3.8) is 0 Å². The second kappa shape index (κ2) is 3.48. The Morgan fingerprint density at radius 2 is 2.07 bits per heavy atom. The number of halogens is 3. The van der Waals surface area contributed by atoms with Gasteiger partial charge in [-0.2, -0.15) is 13.2 Å².